The van der Waals surface area contributed by atoms with Crippen molar-refractivity contribution in [1.82, 2.24) is 5.32 Å². The van der Waals surface area contributed by atoms with Crippen molar-refractivity contribution in [2.24, 2.45) is 0 Å². The predicted octanol–water partition coefficient (Wildman–Crippen LogP) is 4.54. The lowest BCUT2D eigenvalue weighted by atomic mass is 9.77. The van der Waals surface area contributed by atoms with Crippen LogP contribution in [-0.2, 0) is 14.3 Å². The monoisotopic (exact) mass is 458 g/mol. The van der Waals surface area contributed by atoms with Gasteiger partial charge in [0, 0.05) is 12.0 Å². The molecule has 0 aliphatic carbocycles. The molecule has 0 fully saturated rings. The van der Waals surface area contributed by atoms with E-state index in [2.05, 4.69) is 25.2 Å². The number of hydrogen-bond acceptors (Lipinski definition) is 7. The average molecular weight is 459 g/mol. The van der Waals surface area contributed by atoms with Crippen LogP contribution in [0, 0.1) is 11.3 Å². The van der Waals surface area contributed by atoms with Crippen molar-refractivity contribution in [2.75, 3.05) is 19.8 Å². The largest absolute Gasteiger partial charge is 0.497 e. The third-order valence-electron chi connectivity index (χ3n) is 5.94. The second kappa shape index (κ2) is 13.9. The molecule has 0 amide bonds. The number of carbonyl (C=O) groups is 1. The molecule has 7 heteroatoms. The van der Waals surface area contributed by atoms with E-state index in [9.17, 15) is 15.2 Å². The molecule has 33 heavy (non-hydrogen) atoms. The maximum Gasteiger partial charge on any atom is 0.144 e. The molecule has 1 aliphatic rings. The fourth-order valence-electron chi connectivity index (χ4n) is 4.19. The summed E-state index contributed by atoms with van der Waals surface area (Å²) in [7, 11) is 0. The van der Waals surface area contributed by atoms with E-state index >= 15 is 0 Å². The van der Waals surface area contributed by atoms with Gasteiger partial charge in [-0.25, -0.2) is 0 Å². The number of nitrogens with one attached hydrogen (secondary N) is 1. The van der Waals surface area contributed by atoms with E-state index in [-0.39, 0.29) is 6.61 Å². The van der Waals surface area contributed by atoms with Crippen LogP contribution in [0.5, 0.6) is 5.75 Å². The van der Waals surface area contributed by atoms with Crippen LogP contribution in [0.2, 0.25) is 0 Å². The van der Waals surface area contributed by atoms with Crippen molar-refractivity contribution in [1.29, 1.82) is 5.26 Å². The van der Waals surface area contributed by atoms with E-state index in [0.717, 1.165) is 50.4 Å². The number of ether oxygens (including phenoxy) is 3. The molecular weight excluding hydrogens is 420 g/mol. The number of hydrogen-bond donors (Lipinski definition) is 2. The zero-order valence-corrected chi connectivity index (χ0v) is 20.1. The summed E-state index contributed by atoms with van der Waals surface area (Å²) < 4.78 is 17.6. The van der Waals surface area contributed by atoms with Crippen molar-refractivity contribution >= 4 is 6.29 Å². The van der Waals surface area contributed by atoms with Gasteiger partial charge in [-0.05, 0) is 50.8 Å². The van der Waals surface area contributed by atoms with Crippen LogP contribution < -0.4 is 10.1 Å². The fourth-order valence-corrected chi connectivity index (χ4v) is 4.19. The van der Waals surface area contributed by atoms with Crippen LogP contribution in [0.4, 0.5) is 0 Å². The zero-order valence-electron chi connectivity index (χ0n) is 20.1. The van der Waals surface area contributed by atoms with Gasteiger partial charge in [0.05, 0.1) is 37.4 Å². The number of rotatable bonds is 15. The molecule has 182 valence electrons. The summed E-state index contributed by atoms with van der Waals surface area (Å²) in [5.41, 5.74) is 0.590. The van der Waals surface area contributed by atoms with Gasteiger partial charge in [-0.15, -0.1) is 0 Å². The highest BCUT2D eigenvalue weighted by atomic mass is 16.5. The van der Waals surface area contributed by atoms with Crippen molar-refractivity contribution in [3.8, 4) is 11.8 Å². The molecular formula is C26H38N2O5. The average Bonchev–Trinajstić information content (AvgIpc) is 2.83. The Morgan fingerprint density at radius 1 is 1.27 bits per heavy atom. The van der Waals surface area contributed by atoms with Gasteiger partial charge in [0.2, 0.25) is 0 Å². The Kier molecular flexibility index (Phi) is 11.2. The molecule has 2 rings (SSSR count). The van der Waals surface area contributed by atoms with Gasteiger partial charge in [0.15, 0.2) is 0 Å². The summed E-state index contributed by atoms with van der Waals surface area (Å²) in [4.78, 5) is 10.5. The van der Waals surface area contributed by atoms with E-state index in [4.69, 9.17) is 14.2 Å². The normalized spacial score (nSPS) is 19.2. The smallest absolute Gasteiger partial charge is 0.144 e. The summed E-state index contributed by atoms with van der Waals surface area (Å²) in [5.74, 6) is 1.28. The topological polar surface area (TPSA) is 101 Å². The molecule has 0 saturated carbocycles. The highest BCUT2D eigenvalue weighted by molar-refractivity contribution is 5.49. The quantitative estimate of drug-likeness (QED) is 0.226. The SMILES string of the molecule is CCCCC1(CCCC)Oc2ccc(C#N)cc2C(NC/C(=C/OCCC=O)OCC)C1O. The number of aldehydes is 1. The van der Waals surface area contributed by atoms with Gasteiger partial charge < -0.3 is 29.4 Å². The van der Waals surface area contributed by atoms with Crippen molar-refractivity contribution in [3.05, 3.63) is 41.3 Å². The molecule has 1 aromatic rings. The Labute approximate surface area is 197 Å². The van der Waals surface area contributed by atoms with Gasteiger partial charge in [0.25, 0.3) is 0 Å². The molecule has 7 nitrogen and oxygen atoms in total. The Morgan fingerprint density at radius 3 is 2.61 bits per heavy atom. The third kappa shape index (κ3) is 7.21. The summed E-state index contributed by atoms with van der Waals surface area (Å²) in [6.07, 6.45) is 7.27. The standard InChI is InChI=1S/C26H38N2O5/c1-4-7-12-26(13-8-5-2)25(30)24(22-16-20(17-27)10-11-23(22)33-26)28-18-21(32-6-3)19-31-15-9-14-29/h10-11,14,16,19,24-25,28,30H,4-9,12-13,15,18H2,1-3H3/b21-19-. The summed E-state index contributed by atoms with van der Waals surface area (Å²) >= 11 is 0. The van der Waals surface area contributed by atoms with Gasteiger partial charge in [-0.2, -0.15) is 5.26 Å². The first kappa shape index (κ1) is 26.7. The van der Waals surface area contributed by atoms with E-state index in [1.807, 2.05) is 13.0 Å². The first-order valence-corrected chi connectivity index (χ1v) is 12.1. The summed E-state index contributed by atoms with van der Waals surface area (Å²) in [6.45, 7) is 7.23. The third-order valence-corrected chi connectivity index (χ3v) is 5.94. The van der Waals surface area contributed by atoms with Crippen LogP contribution in [0.3, 0.4) is 0 Å². The fraction of sp³-hybridized carbons (Fsp3) is 0.615. The Morgan fingerprint density at radius 2 is 2.00 bits per heavy atom. The maximum absolute atomic E-state index is 11.6. The minimum atomic E-state index is -0.795. The Bertz CT molecular complexity index is 809. The molecule has 2 unspecified atom stereocenters. The van der Waals surface area contributed by atoms with Crippen LogP contribution in [0.1, 0.15) is 82.9 Å². The number of aliphatic hydroxyl groups is 1. The molecule has 0 radical (unpaired) electrons. The van der Waals surface area contributed by atoms with E-state index in [0.29, 0.717) is 36.6 Å². The van der Waals surface area contributed by atoms with E-state index < -0.39 is 17.7 Å². The number of aliphatic hydroxyl groups excluding tert-OH is 1. The maximum atomic E-state index is 11.6. The lowest BCUT2D eigenvalue weighted by Gasteiger charge is -2.47. The van der Waals surface area contributed by atoms with Crippen LogP contribution in [0.15, 0.2) is 30.2 Å². The second-order valence-corrected chi connectivity index (χ2v) is 8.39. The second-order valence-electron chi connectivity index (χ2n) is 8.39. The predicted molar refractivity (Wildman–Crippen MR) is 127 cm³/mol. The highest BCUT2D eigenvalue weighted by Gasteiger charge is 2.48. The van der Waals surface area contributed by atoms with Crippen LogP contribution in [-0.4, -0.2) is 42.9 Å². The van der Waals surface area contributed by atoms with Gasteiger partial charge in [-0.3, -0.25) is 0 Å². The van der Waals surface area contributed by atoms with Gasteiger partial charge >= 0.3 is 0 Å². The molecule has 1 aromatic carbocycles. The van der Waals surface area contributed by atoms with E-state index in [1.54, 1.807) is 12.1 Å². The molecule has 0 bridgehead atoms. The number of benzene rings is 1. The minimum Gasteiger partial charge on any atom is -0.497 e. The van der Waals surface area contributed by atoms with E-state index in [1.165, 1.54) is 6.26 Å². The van der Waals surface area contributed by atoms with Gasteiger partial charge in [0.1, 0.15) is 35.8 Å². The number of fused-ring (bicyclic) bond motifs is 1. The van der Waals surface area contributed by atoms with Crippen LogP contribution >= 0.6 is 0 Å². The molecule has 1 heterocycles. The molecule has 0 aromatic heterocycles. The molecule has 2 N–H and O–H groups in total. The van der Waals surface area contributed by atoms with Crippen molar-refractivity contribution < 1.29 is 24.1 Å². The molecule has 0 spiro atoms. The van der Waals surface area contributed by atoms with Crippen molar-refractivity contribution in [2.45, 2.75) is 83.5 Å². The summed E-state index contributed by atoms with van der Waals surface area (Å²) in [5, 5.41) is 24.5. The number of carbonyl (C=O) groups excluding carboxylic acids is 1. The molecule has 0 saturated heterocycles. The lowest BCUT2D eigenvalue weighted by Crippen LogP contribution is -2.56. The Hall–Kier alpha value is -2.56. The lowest BCUT2D eigenvalue weighted by molar-refractivity contribution is -0.108. The minimum absolute atomic E-state index is 0.283. The highest BCUT2D eigenvalue weighted by Crippen LogP contribution is 2.45. The zero-order chi connectivity index (χ0) is 24.1. The van der Waals surface area contributed by atoms with Gasteiger partial charge in [-0.1, -0.05) is 26.7 Å². The summed E-state index contributed by atoms with van der Waals surface area (Å²) in [6, 6.07) is 7.11. The van der Waals surface area contributed by atoms with Crippen molar-refractivity contribution in [3.63, 3.8) is 0 Å². The van der Waals surface area contributed by atoms with Crippen LogP contribution in [0.25, 0.3) is 0 Å². The number of unbranched alkanes of at least 4 members (excludes halogenated alkanes) is 2. The number of nitrogens with zero attached hydrogens (tertiary/aromatic N) is 1. The Balaban J connectivity index is 2.35. The molecule has 2 atom stereocenters. The molecule has 1 aliphatic heterocycles. The first-order chi connectivity index (χ1) is 16.0. The number of nitriles is 1. The first-order valence-electron chi connectivity index (χ1n) is 12.1.